The predicted molar refractivity (Wildman–Crippen MR) is 93.9 cm³/mol. The predicted octanol–water partition coefficient (Wildman–Crippen LogP) is 3.17. The van der Waals surface area contributed by atoms with Gasteiger partial charge < -0.3 is 9.32 Å². The van der Waals surface area contributed by atoms with Crippen LogP contribution in [0, 0.1) is 12.8 Å². The van der Waals surface area contributed by atoms with Crippen molar-refractivity contribution in [2.24, 2.45) is 5.92 Å². The van der Waals surface area contributed by atoms with Crippen LogP contribution in [0.5, 0.6) is 0 Å². The molecule has 2 aromatic heterocycles. The van der Waals surface area contributed by atoms with Gasteiger partial charge in [-0.15, -0.1) is 0 Å². The molecule has 0 radical (unpaired) electrons. The quantitative estimate of drug-likeness (QED) is 0.867. The molecule has 4 heterocycles. The Bertz CT molecular complexity index is 703. The van der Waals surface area contributed by atoms with Gasteiger partial charge in [-0.05, 0) is 31.7 Å². The Labute approximate surface area is 143 Å². The van der Waals surface area contributed by atoms with Crippen molar-refractivity contribution in [2.75, 3.05) is 24.5 Å². The molecular weight excluding hydrogens is 300 g/mol. The summed E-state index contributed by atoms with van der Waals surface area (Å²) in [5.41, 5.74) is 2.46. The zero-order valence-corrected chi connectivity index (χ0v) is 14.7. The first kappa shape index (κ1) is 15.6. The summed E-state index contributed by atoms with van der Waals surface area (Å²) in [4.78, 5) is 13.7. The van der Waals surface area contributed by atoms with E-state index in [0.717, 1.165) is 62.5 Å². The Morgan fingerprint density at radius 3 is 2.88 bits per heavy atom. The van der Waals surface area contributed by atoms with E-state index in [2.05, 4.69) is 38.8 Å². The minimum absolute atomic E-state index is 0.843. The number of piperidine rings is 1. The first-order valence-corrected chi connectivity index (χ1v) is 9.05. The highest BCUT2D eigenvalue weighted by Gasteiger charge is 2.21. The van der Waals surface area contributed by atoms with Crippen molar-refractivity contribution >= 4 is 5.88 Å². The third-order valence-electron chi connectivity index (χ3n) is 5.26. The van der Waals surface area contributed by atoms with E-state index in [0.29, 0.717) is 0 Å². The fourth-order valence-electron chi connectivity index (χ4n) is 3.68. The Morgan fingerprint density at radius 1 is 1.21 bits per heavy atom. The molecule has 24 heavy (non-hydrogen) atoms. The molecule has 0 N–H and O–H groups in total. The minimum atomic E-state index is 0.843. The molecule has 0 bridgehead atoms. The molecule has 1 fully saturated rings. The summed E-state index contributed by atoms with van der Waals surface area (Å²) >= 11 is 0. The van der Waals surface area contributed by atoms with Crippen LogP contribution < -0.4 is 4.90 Å². The van der Waals surface area contributed by atoms with Crippen LogP contribution in [-0.2, 0) is 19.5 Å². The molecule has 0 unspecified atom stereocenters. The molecule has 128 valence electrons. The lowest BCUT2D eigenvalue weighted by Crippen LogP contribution is -2.32. The van der Waals surface area contributed by atoms with E-state index in [1.54, 1.807) is 0 Å². The van der Waals surface area contributed by atoms with Gasteiger partial charge in [0.1, 0.15) is 11.6 Å². The molecule has 0 aromatic carbocycles. The standard InChI is InChI=1S/C19H26N4O/c1-14-5-9-23(10-6-14)19-4-3-17(24-19)13-22-8-7-18-16(12-22)11-20-15(2)21-18/h3-4,11,14H,5-10,12-13H2,1-2H3. The summed E-state index contributed by atoms with van der Waals surface area (Å²) in [5.74, 6) is 3.80. The number of fused-ring (bicyclic) bond motifs is 1. The summed E-state index contributed by atoms with van der Waals surface area (Å²) in [7, 11) is 0. The van der Waals surface area contributed by atoms with Crippen molar-refractivity contribution in [1.29, 1.82) is 0 Å². The van der Waals surface area contributed by atoms with Gasteiger partial charge in [-0.25, -0.2) is 9.97 Å². The number of rotatable bonds is 3. The number of aryl methyl sites for hydroxylation is 1. The fourth-order valence-corrected chi connectivity index (χ4v) is 3.68. The molecule has 0 atom stereocenters. The second-order valence-electron chi connectivity index (χ2n) is 7.26. The van der Waals surface area contributed by atoms with Crippen LogP contribution in [0.3, 0.4) is 0 Å². The molecule has 1 saturated heterocycles. The third kappa shape index (κ3) is 3.31. The summed E-state index contributed by atoms with van der Waals surface area (Å²) in [6.07, 6.45) is 5.50. The minimum Gasteiger partial charge on any atom is -0.444 e. The first-order valence-electron chi connectivity index (χ1n) is 9.05. The average Bonchev–Trinajstić information content (AvgIpc) is 3.04. The van der Waals surface area contributed by atoms with Crippen LogP contribution in [0.15, 0.2) is 22.7 Å². The Morgan fingerprint density at radius 2 is 2.04 bits per heavy atom. The van der Waals surface area contributed by atoms with Crippen LogP contribution >= 0.6 is 0 Å². The number of hydrogen-bond donors (Lipinski definition) is 0. The molecule has 0 spiro atoms. The number of furan rings is 1. The van der Waals surface area contributed by atoms with Gasteiger partial charge in [0.15, 0.2) is 5.88 Å². The van der Waals surface area contributed by atoms with Crippen molar-refractivity contribution in [3.05, 3.63) is 41.2 Å². The van der Waals surface area contributed by atoms with E-state index in [1.165, 1.54) is 24.1 Å². The molecule has 2 aliphatic heterocycles. The largest absolute Gasteiger partial charge is 0.444 e. The van der Waals surface area contributed by atoms with Gasteiger partial charge in [0.05, 0.1) is 6.54 Å². The van der Waals surface area contributed by atoms with E-state index in [9.17, 15) is 0 Å². The van der Waals surface area contributed by atoms with E-state index < -0.39 is 0 Å². The highest BCUT2D eigenvalue weighted by Crippen LogP contribution is 2.26. The van der Waals surface area contributed by atoms with Crippen molar-refractivity contribution in [1.82, 2.24) is 14.9 Å². The zero-order chi connectivity index (χ0) is 16.5. The lowest BCUT2D eigenvalue weighted by molar-refractivity contribution is 0.223. The zero-order valence-electron chi connectivity index (χ0n) is 14.7. The van der Waals surface area contributed by atoms with Crippen molar-refractivity contribution in [2.45, 2.75) is 46.2 Å². The van der Waals surface area contributed by atoms with Crippen LogP contribution in [0.25, 0.3) is 0 Å². The van der Waals surface area contributed by atoms with Crippen LogP contribution in [-0.4, -0.2) is 34.5 Å². The average molecular weight is 326 g/mol. The van der Waals surface area contributed by atoms with Crippen molar-refractivity contribution in [3.8, 4) is 0 Å². The number of nitrogens with zero attached hydrogens (tertiary/aromatic N) is 4. The van der Waals surface area contributed by atoms with Crippen LogP contribution in [0.1, 0.15) is 42.6 Å². The monoisotopic (exact) mass is 326 g/mol. The highest BCUT2D eigenvalue weighted by atomic mass is 16.4. The van der Waals surface area contributed by atoms with Crippen LogP contribution in [0.4, 0.5) is 5.88 Å². The summed E-state index contributed by atoms with van der Waals surface area (Å²) in [6.45, 7) is 9.32. The molecule has 0 saturated carbocycles. The lowest BCUT2D eigenvalue weighted by atomic mass is 9.99. The van der Waals surface area contributed by atoms with E-state index in [4.69, 9.17) is 4.42 Å². The van der Waals surface area contributed by atoms with Gasteiger partial charge >= 0.3 is 0 Å². The summed E-state index contributed by atoms with van der Waals surface area (Å²) in [6, 6.07) is 4.27. The van der Waals surface area contributed by atoms with Crippen LogP contribution in [0.2, 0.25) is 0 Å². The Balaban J connectivity index is 1.39. The van der Waals surface area contributed by atoms with E-state index in [1.807, 2.05) is 13.1 Å². The lowest BCUT2D eigenvalue weighted by Gasteiger charge is -2.30. The van der Waals surface area contributed by atoms with Gasteiger partial charge in [0.25, 0.3) is 0 Å². The topological polar surface area (TPSA) is 45.4 Å². The van der Waals surface area contributed by atoms with Crippen molar-refractivity contribution < 1.29 is 4.42 Å². The molecule has 2 aliphatic rings. The fraction of sp³-hybridized carbons (Fsp3) is 0.579. The Kier molecular flexibility index (Phi) is 4.27. The molecule has 5 heteroatoms. The smallest absolute Gasteiger partial charge is 0.195 e. The molecule has 0 aliphatic carbocycles. The third-order valence-corrected chi connectivity index (χ3v) is 5.26. The van der Waals surface area contributed by atoms with Gasteiger partial charge in [-0.2, -0.15) is 0 Å². The van der Waals surface area contributed by atoms with Gasteiger partial charge in [-0.3, -0.25) is 4.90 Å². The molecule has 5 nitrogen and oxygen atoms in total. The maximum atomic E-state index is 6.12. The number of hydrogen-bond acceptors (Lipinski definition) is 5. The SMILES string of the molecule is Cc1ncc2c(n1)CCN(Cc1ccc(N3CCC(C)CC3)o1)C2. The summed E-state index contributed by atoms with van der Waals surface area (Å²) in [5, 5.41) is 0. The highest BCUT2D eigenvalue weighted by molar-refractivity contribution is 5.37. The maximum Gasteiger partial charge on any atom is 0.195 e. The first-order chi connectivity index (χ1) is 11.7. The van der Waals surface area contributed by atoms with E-state index in [-0.39, 0.29) is 0 Å². The Hall–Kier alpha value is -1.88. The molecular formula is C19H26N4O. The van der Waals surface area contributed by atoms with Gasteiger partial charge in [0.2, 0.25) is 0 Å². The molecule has 4 rings (SSSR count). The van der Waals surface area contributed by atoms with Gasteiger partial charge in [-0.1, -0.05) is 6.92 Å². The maximum absolute atomic E-state index is 6.12. The second-order valence-corrected chi connectivity index (χ2v) is 7.26. The molecule has 0 amide bonds. The summed E-state index contributed by atoms with van der Waals surface area (Å²) < 4.78 is 6.12. The number of anilines is 1. The van der Waals surface area contributed by atoms with Gasteiger partial charge in [0, 0.05) is 56.1 Å². The second kappa shape index (κ2) is 6.55. The van der Waals surface area contributed by atoms with Crippen molar-refractivity contribution in [3.63, 3.8) is 0 Å². The molecule has 2 aromatic rings. The normalized spacial score (nSPS) is 19.5. The van der Waals surface area contributed by atoms with E-state index >= 15 is 0 Å². The number of aromatic nitrogens is 2.